The fourth-order valence-electron chi connectivity index (χ4n) is 2.26. The molecule has 0 saturated heterocycles. The monoisotopic (exact) mass is 170 g/mol. The molecule has 0 bridgehead atoms. The van der Waals surface area contributed by atoms with Crippen LogP contribution in [-0.4, -0.2) is 0 Å². The first-order chi connectivity index (χ1) is 5.27. The van der Waals surface area contributed by atoms with Crippen molar-refractivity contribution in [3.8, 4) is 0 Å². The predicted octanol–water partition coefficient (Wildman–Crippen LogP) is 4.78. The van der Waals surface area contributed by atoms with E-state index in [1.165, 1.54) is 51.4 Å². The van der Waals surface area contributed by atoms with Gasteiger partial charge in [-0.15, -0.1) is 0 Å². The van der Waals surface area contributed by atoms with Crippen LogP contribution in [-0.2, 0) is 0 Å². The van der Waals surface area contributed by atoms with Crippen molar-refractivity contribution in [2.24, 2.45) is 5.41 Å². The second kappa shape index (κ2) is 5.61. The maximum Gasteiger partial charge on any atom is -0.0326 e. The standard InChI is InChI=1S/C11H22.CH4/c1-3-4-8-11(2)9-6-5-7-10-11;/h3-10H2,1-2H3;1H4. The van der Waals surface area contributed by atoms with Crippen molar-refractivity contribution < 1.29 is 0 Å². The lowest BCUT2D eigenvalue weighted by Crippen LogP contribution is -2.19. The van der Waals surface area contributed by atoms with Gasteiger partial charge in [-0.1, -0.05) is 53.4 Å². The van der Waals surface area contributed by atoms with E-state index in [0.29, 0.717) is 0 Å². The van der Waals surface area contributed by atoms with Gasteiger partial charge in [-0.25, -0.2) is 0 Å². The first-order valence-corrected chi connectivity index (χ1v) is 5.27. The summed E-state index contributed by atoms with van der Waals surface area (Å²) in [5.41, 5.74) is 0.730. The lowest BCUT2D eigenvalue weighted by Gasteiger charge is -2.33. The van der Waals surface area contributed by atoms with Crippen LogP contribution in [0.2, 0.25) is 0 Å². The van der Waals surface area contributed by atoms with Crippen LogP contribution in [0.25, 0.3) is 0 Å². The minimum absolute atomic E-state index is 0. The van der Waals surface area contributed by atoms with Gasteiger partial charge in [-0.3, -0.25) is 0 Å². The summed E-state index contributed by atoms with van der Waals surface area (Å²) in [6, 6.07) is 0. The van der Waals surface area contributed by atoms with Crippen LogP contribution < -0.4 is 0 Å². The van der Waals surface area contributed by atoms with Crippen LogP contribution in [0.1, 0.15) is 72.6 Å². The summed E-state index contributed by atoms with van der Waals surface area (Å²) >= 11 is 0. The Morgan fingerprint density at radius 1 is 1.08 bits per heavy atom. The minimum atomic E-state index is 0. The molecule has 0 spiro atoms. The number of rotatable bonds is 3. The van der Waals surface area contributed by atoms with E-state index in [4.69, 9.17) is 0 Å². The molecule has 0 radical (unpaired) electrons. The Kier molecular flexibility index (Phi) is 5.61. The summed E-state index contributed by atoms with van der Waals surface area (Å²) in [7, 11) is 0. The Balaban J connectivity index is 0.00000121. The van der Waals surface area contributed by atoms with Crippen molar-refractivity contribution in [1.29, 1.82) is 0 Å². The fourth-order valence-corrected chi connectivity index (χ4v) is 2.26. The first kappa shape index (κ1) is 12.0. The SMILES string of the molecule is C.CCCCC1(C)CCCCC1. The Morgan fingerprint density at radius 2 is 1.67 bits per heavy atom. The van der Waals surface area contributed by atoms with E-state index in [1.807, 2.05) is 0 Å². The molecule has 0 atom stereocenters. The predicted molar refractivity (Wildman–Crippen MR) is 57.4 cm³/mol. The highest BCUT2D eigenvalue weighted by atomic mass is 14.3. The molecule has 1 rings (SSSR count). The highest BCUT2D eigenvalue weighted by Crippen LogP contribution is 2.39. The van der Waals surface area contributed by atoms with E-state index in [1.54, 1.807) is 0 Å². The quantitative estimate of drug-likeness (QED) is 0.571. The Morgan fingerprint density at radius 3 is 2.17 bits per heavy atom. The molecular weight excluding hydrogens is 144 g/mol. The lowest BCUT2D eigenvalue weighted by molar-refractivity contribution is 0.194. The van der Waals surface area contributed by atoms with E-state index in [9.17, 15) is 0 Å². The van der Waals surface area contributed by atoms with E-state index in [-0.39, 0.29) is 7.43 Å². The summed E-state index contributed by atoms with van der Waals surface area (Å²) < 4.78 is 0. The largest absolute Gasteiger partial charge is 0.0776 e. The van der Waals surface area contributed by atoms with E-state index >= 15 is 0 Å². The van der Waals surface area contributed by atoms with Crippen LogP contribution >= 0.6 is 0 Å². The van der Waals surface area contributed by atoms with Crippen molar-refractivity contribution >= 4 is 0 Å². The van der Waals surface area contributed by atoms with Gasteiger partial charge in [0.25, 0.3) is 0 Å². The molecule has 0 heteroatoms. The van der Waals surface area contributed by atoms with Crippen molar-refractivity contribution in [3.63, 3.8) is 0 Å². The smallest absolute Gasteiger partial charge is 0.0326 e. The molecule has 0 heterocycles. The molecule has 0 aliphatic heterocycles. The Hall–Kier alpha value is 0. The molecule has 12 heavy (non-hydrogen) atoms. The molecule has 0 aromatic heterocycles. The molecule has 1 aliphatic carbocycles. The summed E-state index contributed by atoms with van der Waals surface area (Å²) in [5.74, 6) is 0. The average Bonchev–Trinajstić information content (AvgIpc) is 2.03. The van der Waals surface area contributed by atoms with Crippen molar-refractivity contribution in [2.75, 3.05) is 0 Å². The van der Waals surface area contributed by atoms with Crippen molar-refractivity contribution in [2.45, 2.75) is 72.6 Å². The first-order valence-electron chi connectivity index (χ1n) is 5.27. The number of hydrogen-bond donors (Lipinski definition) is 0. The van der Waals surface area contributed by atoms with Gasteiger partial charge in [0.2, 0.25) is 0 Å². The average molecular weight is 170 g/mol. The van der Waals surface area contributed by atoms with Gasteiger partial charge in [0.1, 0.15) is 0 Å². The third kappa shape index (κ3) is 3.60. The van der Waals surface area contributed by atoms with Crippen LogP contribution in [0.15, 0.2) is 0 Å². The van der Waals surface area contributed by atoms with E-state index < -0.39 is 0 Å². The van der Waals surface area contributed by atoms with E-state index in [0.717, 1.165) is 5.41 Å². The van der Waals surface area contributed by atoms with Gasteiger partial charge in [0, 0.05) is 0 Å². The van der Waals surface area contributed by atoms with Gasteiger partial charge in [-0.05, 0) is 24.7 Å². The summed E-state index contributed by atoms with van der Waals surface area (Å²) in [6.07, 6.45) is 11.7. The molecule has 0 aromatic rings. The van der Waals surface area contributed by atoms with Gasteiger partial charge in [0.15, 0.2) is 0 Å². The maximum absolute atomic E-state index is 2.49. The van der Waals surface area contributed by atoms with Crippen LogP contribution in [0, 0.1) is 5.41 Å². The van der Waals surface area contributed by atoms with Crippen LogP contribution in [0.3, 0.4) is 0 Å². The highest BCUT2D eigenvalue weighted by molar-refractivity contribution is 4.77. The molecule has 1 fully saturated rings. The van der Waals surface area contributed by atoms with Crippen LogP contribution in [0.4, 0.5) is 0 Å². The molecule has 0 aromatic carbocycles. The fraction of sp³-hybridized carbons (Fsp3) is 1.00. The topological polar surface area (TPSA) is 0 Å². The third-order valence-electron chi connectivity index (χ3n) is 3.19. The lowest BCUT2D eigenvalue weighted by atomic mass is 9.73. The molecule has 0 nitrogen and oxygen atoms in total. The van der Waals surface area contributed by atoms with Gasteiger partial charge in [0.05, 0.1) is 0 Å². The molecule has 1 saturated carbocycles. The molecule has 0 amide bonds. The molecule has 0 N–H and O–H groups in total. The summed E-state index contributed by atoms with van der Waals surface area (Å²) in [5, 5.41) is 0. The number of hydrogen-bond acceptors (Lipinski definition) is 0. The zero-order valence-electron chi connectivity index (χ0n) is 8.16. The zero-order valence-corrected chi connectivity index (χ0v) is 8.16. The minimum Gasteiger partial charge on any atom is -0.0776 e. The van der Waals surface area contributed by atoms with Gasteiger partial charge < -0.3 is 0 Å². The van der Waals surface area contributed by atoms with Gasteiger partial charge >= 0.3 is 0 Å². The summed E-state index contributed by atoms with van der Waals surface area (Å²) in [6.45, 7) is 4.79. The highest BCUT2D eigenvalue weighted by Gasteiger charge is 2.25. The number of unbranched alkanes of at least 4 members (excludes halogenated alkanes) is 1. The van der Waals surface area contributed by atoms with E-state index in [2.05, 4.69) is 13.8 Å². The molecule has 74 valence electrons. The Bertz CT molecular complexity index is 98.6. The molecule has 1 aliphatic rings. The normalized spacial score (nSPS) is 21.5. The third-order valence-corrected chi connectivity index (χ3v) is 3.19. The summed E-state index contributed by atoms with van der Waals surface area (Å²) in [4.78, 5) is 0. The van der Waals surface area contributed by atoms with Crippen molar-refractivity contribution in [1.82, 2.24) is 0 Å². The second-order valence-electron chi connectivity index (χ2n) is 4.47. The second-order valence-corrected chi connectivity index (χ2v) is 4.47. The Labute approximate surface area is 78.8 Å². The molecular formula is C12H26. The maximum atomic E-state index is 2.49. The molecule has 0 unspecified atom stereocenters. The van der Waals surface area contributed by atoms with Gasteiger partial charge in [-0.2, -0.15) is 0 Å². The zero-order chi connectivity index (χ0) is 8.16. The van der Waals surface area contributed by atoms with Crippen molar-refractivity contribution in [3.05, 3.63) is 0 Å². The van der Waals surface area contributed by atoms with Crippen LogP contribution in [0.5, 0.6) is 0 Å².